The van der Waals surface area contributed by atoms with Crippen molar-refractivity contribution in [3.63, 3.8) is 0 Å². The second kappa shape index (κ2) is 9.77. The number of likely N-dealkylation sites (N-methyl/N-ethyl adjacent to an activating group) is 1. The molecule has 0 saturated carbocycles. The molecule has 1 aliphatic carbocycles. The van der Waals surface area contributed by atoms with Crippen LogP contribution in [0.2, 0.25) is 0 Å². The molecule has 3 aliphatic heterocycles. The van der Waals surface area contributed by atoms with Gasteiger partial charge in [0.05, 0.1) is 5.69 Å². The zero-order chi connectivity index (χ0) is 23.8. The van der Waals surface area contributed by atoms with E-state index in [9.17, 15) is 0 Å². The number of nitrogens with one attached hydrogen (secondary N) is 1. The Morgan fingerprint density at radius 3 is 2.94 bits per heavy atom. The third-order valence-corrected chi connectivity index (χ3v) is 8.30. The fraction of sp³-hybridized carbons (Fsp3) is 0.571. The molecule has 1 aromatic heterocycles. The van der Waals surface area contributed by atoms with Crippen molar-refractivity contribution >= 4 is 5.82 Å². The number of fused-ring (bicyclic) bond motifs is 2. The summed E-state index contributed by atoms with van der Waals surface area (Å²) in [5, 5.41) is 3.56. The minimum atomic E-state index is 0.287. The van der Waals surface area contributed by atoms with Gasteiger partial charge < -0.3 is 19.9 Å². The number of hydrogen-bond donors (Lipinski definition) is 1. The molecule has 4 heterocycles. The Kier molecular flexibility index (Phi) is 6.36. The molecule has 2 fully saturated rings. The molecule has 0 bridgehead atoms. The number of rotatable bonds is 6. The van der Waals surface area contributed by atoms with Crippen molar-refractivity contribution in [1.29, 1.82) is 0 Å². The van der Waals surface area contributed by atoms with E-state index in [1.165, 1.54) is 36.0 Å². The molecule has 7 nitrogen and oxygen atoms in total. The van der Waals surface area contributed by atoms with Crippen LogP contribution in [0.3, 0.4) is 0 Å². The maximum Gasteiger partial charge on any atom is 0.318 e. The summed E-state index contributed by atoms with van der Waals surface area (Å²) in [6.45, 7) is 6.22. The molecule has 1 aromatic carbocycles. The first kappa shape index (κ1) is 22.8. The van der Waals surface area contributed by atoms with Crippen LogP contribution in [0.15, 0.2) is 24.3 Å². The molecule has 0 spiro atoms. The zero-order valence-corrected chi connectivity index (χ0v) is 20.7. The second-order valence-corrected chi connectivity index (χ2v) is 10.5. The van der Waals surface area contributed by atoms with Gasteiger partial charge >= 0.3 is 6.01 Å². The maximum atomic E-state index is 6.25. The number of terminal acetylenes is 1. The van der Waals surface area contributed by atoms with E-state index in [1.54, 1.807) is 0 Å². The molecule has 3 atom stereocenters. The van der Waals surface area contributed by atoms with Crippen LogP contribution < -0.4 is 15.0 Å². The van der Waals surface area contributed by atoms with E-state index >= 15 is 0 Å². The van der Waals surface area contributed by atoms with Gasteiger partial charge in [0.25, 0.3) is 0 Å². The lowest BCUT2D eigenvalue weighted by atomic mass is 10.1. The largest absolute Gasteiger partial charge is 0.462 e. The highest BCUT2D eigenvalue weighted by atomic mass is 16.5. The minimum absolute atomic E-state index is 0.287. The van der Waals surface area contributed by atoms with Gasteiger partial charge in [-0.05, 0) is 50.4 Å². The molecule has 7 heteroatoms. The zero-order valence-electron chi connectivity index (χ0n) is 20.7. The van der Waals surface area contributed by atoms with E-state index in [0.29, 0.717) is 24.7 Å². The van der Waals surface area contributed by atoms with Crippen molar-refractivity contribution < 1.29 is 4.74 Å². The van der Waals surface area contributed by atoms with Crippen molar-refractivity contribution in [3.8, 4) is 18.4 Å². The number of anilines is 1. The van der Waals surface area contributed by atoms with Gasteiger partial charge in [-0.3, -0.25) is 4.90 Å². The molecule has 6 rings (SSSR count). The molecule has 2 saturated heterocycles. The van der Waals surface area contributed by atoms with Gasteiger partial charge in [0.1, 0.15) is 12.4 Å². The summed E-state index contributed by atoms with van der Waals surface area (Å²) in [6.07, 6.45) is 11.1. The third kappa shape index (κ3) is 4.51. The first-order valence-electron chi connectivity index (χ1n) is 13.2. The highest BCUT2D eigenvalue weighted by Crippen LogP contribution is 2.42. The minimum Gasteiger partial charge on any atom is -0.462 e. The Morgan fingerprint density at radius 1 is 1.17 bits per heavy atom. The maximum absolute atomic E-state index is 6.25. The summed E-state index contributed by atoms with van der Waals surface area (Å²) in [6, 6.07) is 10.6. The second-order valence-electron chi connectivity index (χ2n) is 10.5. The number of aryl methyl sites for hydroxylation is 1. The van der Waals surface area contributed by atoms with Crippen molar-refractivity contribution in [2.24, 2.45) is 0 Å². The van der Waals surface area contributed by atoms with Gasteiger partial charge in [-0.15, -0.1) is 12.3 Å². The van der Waals surface area contributed by atoms with E-state index in [0.717, 1.165) is 63.6 Å². The first-order chi connectivity index (χ1) is 17.2. The lowest BCUT2D eigenvalue weighted by Gasteiger charge is -2.35. The Labute approximate surface area is 208 Å². The van der Waals surface area contributed by atoms with Crippen LogP contribution in [0.1, 0.15) is 54.1 Å². The SMILES string of the molecule is C#CC[C@H]1CN(c2nc(OC[C@@H]3CCCN3C)nc3c2CN(C2CCc4ccccc42)C3)CCN1. The summed E-state index contributed by atoms with van der Waals surface area (Å²) in [7, 11) is 2.18. The molecule has 0 radical (unpaired) electrons. The predicted octanol–water partition coefficient (Wildman–Crippen LogP) is 2.75. The average Bonchev–Trinajstić information content (AvgIpc) is 3.60. The predicted molar refractivity (Wildman–Crippen MR) is 137 cm³/mol. The van der Waals surface area contributed by atoms with Crippen LogP contribution in [-0.4, -0.2) is 71.7 Å². The smallest absolute Gasteiger partial charge is 0.318 e. The van der Waals surface area contributed by atoms with Crippen molar-refractivity contribution in [2.75, 3.05) is 44.7 Å². The molecule has 1 N–H and O–H groups in total. The monoisotopic (exact) mass is 472 g/mol. The van der Waals surface area contributed by atoms with E-state index in [1.807, 2.05) is 0 Å². The molecule has 2 aromatic rings. The van der Waals surface area contributed by atoms with Crippen molar-refractivity contribution in [3.05, 3.63) is 46.6 Å². The standard InChI is InChI=1S/C28H36N6O/c1-3-7-21-16-33(15-13-29-21)27-24-17-34(26-12-11-20-8-4-5-10-23(20)26)18-25(24)30-28(31-27)35-19-22-9-6-14-32(22)2/h1,4-5,8,10,21-22,26,29H,6-7,9,11-19H2,2H3/t21-,22-,26?/m0/s1. The fourth-order valence-corrected chi connectivity index (χ4v) is 6.36. The molecular formula is C28H36N6O. The highest BCUT2D eigenvalue weighted by Gasteiger charge is 2.36. The van der Waals surface area contributed by atoms with E-state index in [2.05, 4.69) is 57.3 Å². The Morgan fingerprint density at radius 2 is 2.09 bits per heavy atom. The summed E-state index contributed by atoms with van der Waals surface area (Å²) >= 11 is 0. The van der Waals surface area contributed by atoms with Crippen LogP contribution in [0.5, 0.6) is 6.01 Å². The molecular weight excluding hydrogens is 436 g/mol. The summed E-state index contributed by atoms with van der Waals surface area (Å²) in [5.41, 5.74) is 5.36. The van der Waals surface area contributed by atoms with Gasteiger partial charge in [-0.1, -0.05) is 24.3 Å². The molecule has 35 heavy (non-hydrogen) atoms. The summed E-state index contributed by atoms with van der Waals surface area (Å²) < 4.78 is 6.25. The van der Waals surface area contributed by atoms with E-state index in [4.69, 9.17) is 21.1 Å². The van der Waals surface area contributed by atoms with Gasteiger partial charge in [0, 0.05) is 62.8 Å². The van der Waals surface area contributed by atoms with Crippen LogP contribution in [-0.2, 0) is 19.5 Å². The first-order valence-corrected chi connectivity index (χ1v) is 13.2. The fourth-order valence-electron chi connectivity index (χ4n) is 6.36. The molecule has 0 amide bonds. The van der Waals surface area contributed by atoms with Crippen LogP contribution in [0, 0.1) is 12.3 Å². The van der Waals surface area contributed by atoms with E-state index in [-0.39, 0.29) is 6.04 Å². The van der Waals surface area contributed by atoms with Crippen LogP contribution >= 0.6 is 0 Å². The number of likely N-dealkylation sites (tertiary alicyclic amines) is 1. The van der Waals surface area contributed by atoms with Crippen LogP contribution in [0.25, 0.3) is 0 Å². The number of nitrogens with zero attached hydrogens (tertiary/aromatic N) is 5. The normalized spacial score (nSPS) is 26.5. The summed E-state index contributed by atoms with van der Waals surface area (Å²) in [4.78, 5) is 17.4. The average molecular weight is 473 g/mol. The lowest BCUT2D eigenvalue weighted by Crippen LogP contribution is -2.51. The van der Waals surface area contributed by atoms with Gasteiger partial charge in [0.2, 0.25) is 0 Å². The lowest BCUT2D eigenvalue weighted by molar-refractivity contribution is 0.186. The number of aromatic nitrogens is 2. The number of benzene rings is 1. The quantitative estimate of drug-likeness (QED) is 0.649. The Hall–Kier alpha value is -2.66. The van der Waals surface area contributed by atoms with Crippen molar-refractivity contribution in [2.45, 2.75) is 63.3 Å². The Bertz CT molecular complexity index is 1110. The summed E-state index contributed by atoms with van der Waals surface area (Å²) in [5.74, 6) is 3.87. The molecule has 1 unspecified atom stereocenters. The van der Waals surface area contributed by atoms with Gasteiger partial charge in [-0.25, -0.2) is 0 Å². The molecule has 184 valence electrons. The van der Waals surface area contributed by atoms with Crippen LogP contribution in [0.4, 0.5) is 5.82 Å². The number of piperazine rings is 1. The van der Waals surface area contributed by atoms with E-state index < -0.39 is 0 Å². The van der Waals surface area contributed by atoms with Gasteiger partial charge in [0.15, 0.2) is 0 Å². The topological polar surface area (TPSA) is 56.8 Å². The Balaban J connectivity index is 1.27. The molecule has 4 aliphatic rings. The van der Waals surface area contributed by atoms with Crippen molar-refractivity contribution in [1.82, 2.24) is 25.1 Å². The van der Waals surface area contributed by atoms with Gasteiger partial charge in [-0.2, -0.15) is 9.97 Å². The third-order valence-electron chi connectivity index (χ3n) is 8.30. The number of hydrogen-bond acceptors (Lipinski definition) is 7. The highest BCUT2D eigenvalue weighted by molar-refractivity contribution is 5.52. The number of ether oxygens (including phenoxy) is 1.